The maximum Gasteiger partial charge on any atom is 0.339 e. The summed E-state index contributed by atoms with van der Waals surface area (Å²) in [6.45, 7) is 0. The van der Waals surface area contributed by atoms with Gasteiger partial charge in [0, 0.05) is 18.0 Å². The van der Waals surface area contributed by atoms with Crippen molar-refractivity contribution in [2.45, 2.75) is 0 Å². The lowest BCUT2D eigenvalue weighted by molar-refractivity contribution is 0.0697. The Labute approximate surface area is 98.3 Å². The first-order chi connectivity index (χ1) is 7.09. The molecule has 0 saturated heterocycles. The van der Waals surface area contributed by atoms with Gasteiger partial charge in [-0.2, -0.15) is 5.10 Å². The molecule has 2 aromatic heterocycles. The molecule has 0 aromatic carbocycles. The summed E-state index contributed by atoms with van der Waals surface area (Å²) in [6.07, 6.45) is 1.36. The molecule has 0 bridgehead atoms. The van der Waals surface area contributed by atoms with Gasteiger partial charge in [0.15, 0.2) is 0 Å². The summed E-state index contributed by atoms with van der Waals surface area (Å²) < 4.78 is 2.54. The third kappa shape index (κ3) is 1.82. The van der Waals surface area contributed by atoms with Crippen LogP contribution in [0.4, 0.5) is 0 Å². The van der Waals surface area contributed by atoms with Crippen molar-refractivity contribution in [1.29, 1.82) is 0 Å². The Bertz CT molecular complexity index is 518. The zero-order valence-corrected chi connectivity index (χ0v) is 10.2. The SMILES string of the molecule is Cn1ncc(C(=O)O)c1-c1csc(Br)c1. The van der Waals surface area contributed by atoms with Crippen LogP contribution in [0, 0.1) is 0 Å². The Morgan fingerprint density at radius 3 is 2.93 bits per heavy atom. The highest BCUT2D eigenvalue weighted by atomic mass is 79.9. The van der Waals surface area contributed by atoms with E-state index in [1.165, 1.54) is 17.5 Å². The van der Waals surface area contributed by atoms with E-state index in [-0.39, 0.29) is 5.56 Å². The van der Waals surface area contributed by atoms with Crippen molar-refractivity contribution in [2.75, 3.05) is 0 Å². The summed E-state index contributed by atoms with van der Waals surface area (Å²) in [6, 6.07) is 1.88. The predicted octanol–water partition coefficient (Wildman–Crippen LogP) is 2.61. The summed E-state index contributed by atoms with van der Waals surface area (Å²) in [5.74, 6) is -0.958. The maximum absolute atomic E-state index is 11.0. The first-order valence-electron chi connectivity index (χ1n) is 4.09. The lowest BCUT2D eigenvalue weighted by atomic mass is 10.1. The molecule has 2 aromatic rings. The highest BCUT2D eigenvalue weighted by Crippen LogP contribution is 2.30. The molecule has 6 heteroatoms. The van der Waals surface area contributed by atoms with E-state index in [0.29, 0.717) is 5.69 Å². The molecule has 15 heavy (non-hydrogen) atoms. The summed E-state index contributed by atoms with van der Waals surface area (Å²) in [5.41, 5.74) is 1.72. The first-order valence-corrected chi connectivity index (χ1v) is 5.76. The second-order valence-corrected chi connectivity index (χ2v) is 5.27. The zero-order chi connectivity index (χ0) is 11.0. The number of rotatable bonds is 2. The molecule has 0 spiro atoms. The second kappa shape index (κ2) is 3.79. The Balaban J connectivity index is 2.60. The number of hydrogen-bond donors (Lipinski definition) is 1. The lowest BCUT2D eigenvalue weighted by Crippen LogP contribution is -1.99. The van der Waals surface area contributed by atoms with Crippen LogP contribution in [0.25, 0.3) is 11.3 Å². The Morgan fingerprint density at radius 2 is 2.40 bits per heavy atom. The fraction of sp³-hybridized carbons (Fsp3) is 0.111. The Hall–Kier alpha value is -1.14. The average Bonchev–Trinajstić information content (AvgIpc) is 2.71. The van der Waals surface area contributed by atoms with E-state index in [1.54, 1.807) is 11.7 Å². The Morgan fingerprint density at radius 1 is 1.67 bits per heavy atom. The van der Waals surface area contributed by atoms with E-state index >= 15 is 0 Å². The molecule has 0 saturated carbocycles. The van der Waals surface area contributed by atoms with Gasteiger partial charge in [0.05, 0.1) is 15.7 Å². The number of nitrogens with zero attached hydrogens (tertiary/aromatic N) is 2. The third-order valence-electron chi connectivity index (χ3n) is 2.01. The number of carboxylic acids is 1. The molecule has 0 atom stereocenters. The standard InChI is InChI=1S/C9H7BrN2O2S/c1-12-8(5-2-7(10)15-4-5)6(3-11-12)9(13)14/h2-4H,1H3,(H,13,14). The monoisotopic (exact) mass is 286 g/mol. The zero-order valence-electron chi connectivity index (χ0n) is 7.77. The number of halogens is 1. The van der Waals surface area contributed by atoms with Gasteiger partial charge < -0.3 is 5.11 Å². The van der Waals surface area contributed by atoms with E-state index in [9.17, 15) is 4.79 Å². The van der Waals surface area contributed by atoms with Crippen LogP contribution in [0.2, 0.25) is 0 Å². The molecule has 1 N–H and O–H groups in total. The van der Waals surface area contributed by atoms with E-state index in [4.69, 9.17) is 5.11 Å². The highest BCUT2D eigenvalue weighted by Gasteiger charge is 2.17. The molecule has 0 fully saturated rings. The number of hydrogen-bond acceptors (Lipinski definition) is 3. The van der Waals surface area contributed by atoms with Crippen LogP contribution in [0.3, 0.4) is 0 Å². The van der Waals surface area contributed by atoms with Gasteiger partial charge in [-0.3, -0.25) is 4.68 Å². The number of thiophene rings is 1. The van der Waals surface area contributed by atoms with Crippen LogP contribution >= 0.6 is 27.3 Å². The number of aromatic carboxylic acids is 1. The number of aryl methyl sites for hydroxylation is 1. The van der Waals surface area contributed by atoms with E-state index in [0.717, 1.165) is 9.35 Å². The molecular formula is C9H7BrN2O2S. The van der Waals surface area contributed by atoms with Crippen molar-refractivity contribution in [1.82, 2.24) is 9.78 Å². The normalized spacial score (nSPS) is 10.5. The first kappa shape index (κ1) is 10.4. The summed E-state index contributed by atoms with van der Waals surface area (Å²) in [4.78, 5) is 11.0. The van der Waals surface area contributed by atoms with Crippen LogP contribution in [-0.2, 0) is 7.05 Å². The fourth-order valence-electron chi connectivity index (χ4n) is 1.37. The maximum atomic E-state index is 11.0. The third-order valence-corrected chi connectivity index (χ3v) is 3.51. The minimum absolute atomic E-state index is 0.225. The minimum Gasteiger partial charge on any atom is -0.478 e. The molecule has 78 valence electrons. The van der Waals surface area contributed by atoms with Crippen molar-refractivity contribution < 1.29 is 9.90 Å². The van der Waals surface area contributed by atoms with Gasteiger partial charge in [-0.25, -0.2) is 4.79 Å². The van der Waals surface area contributed by atoms with Crippen LogP contribution in [0.15, 0.2) is 21.4 Å². The summed E-state index contributed by atoms with van der Waals surface area (Å²) in [5, 5.41) is 14.8. The van der Waals surface area contributed by atoms with Gasteiger partial charge in [-0.1, -0.05) is 0 Å². The number of carbonyl (C=O) groups is 1. The molecule has 4 nitrogen and oxygen atoms in total. The van der Waals surface area contributed by atoms with Crippen LogP contribution in [-0.4, -0.2) is 20.9 Å². The molecule has 0 aliphatic heterocycles. The van der Waals surface area contributed by atoms with Crippen LogP contribution in [0.1, 0.15) is 10.4 Å². The predicted molar refractivity (Wildman–Crippen MR) is 61.2 cm³/mol. The number of carboxylic acid groups (broad SMARTS) is 1. The van der Waals surface area contributed by atoms with E-state index in [2.05, 4.69) is 21.0 Å². The molecular weight excluding hydrogens is 280 g/mol. The smallest absolute Gasteiger partial charge is 0.339 e. The van der Waals surface area contributed by atoms with Crippen molar-refractivity contribution in [2.24, 2.45) is 7.05 Å². The van der Waals surface area contributed by atoms with E-state index < -0.39 is 5.97 Å². The van der Waals surface area contributed by atoms with Gasteiger partial charge >= 0.3 is 5.97 Å². The molecule has 0 radical (unpaired) electrons. The van der Waals surface area contributed by atoms with Gasteiger partial charge in [0.2, 0.25) is 0 Å². The highest BCUT2D eigenvalue weighted by molar-refractivity contribution is 9.11. The van der Waals surface area contributed by atoms with Crippen LogP contribution in [0.5, 0.6) is 0 Å². The van der Waals surface area contributed by atoms with Crippen molar-refractivity contribution in [3.05, 3.63) is 27.0 Å². The topological polar surface area (TPSA) is 55.1 Å². The minimum atomic E-state index is -0.958. The van der Waals surface area contributed by atoms with Gasteiger partial charge in [-0.05, 0) is 22.0 Å². The van der Waals surface area contributed by atoms with E-state index in [1.807, 2.05) is 11.4 Å². The molecule has 0 unspecified atom stereocenters. The fourth-order valence-corrected chi connectivity index (χ4v) is 2.51. The Kier molecular flexibility index (Phi) is 2.62. The molecule has 0 aliphatic carbocycles. The second-order valence-electron chi connectivity index (χ2n) is 2.98. The van der Waals surface area contributed by atoms with Crippen molar-refractivity contribution in [3.63, 3.8) is 0 Å². The quantitative estimate of drug-likeness (QED) is 0.923. The average molecular weight is 287 g/mol. The lowest BCUT2D eigenvalue weighted by Gasteiger charge is -2.00. The molecule has 0 aliphatic rings. The van der Waals surface area contributed by atoms with Gasteiger partial charge in [-0.15, -0.1) is 11.3 Å². The van der Waals surface area contributed by atoms with Crippen molar-refractivity contribution >= 4 is 33.2 Å². The largest absolute Gasteiger partial charge is 0.478 e. The molecule has 0 amide bonds. The summed E-state index contributed by atoms with van der Waals surface area (Å²) >= 11 is 4.86. The summed E-state index contributed by atoms with van der Waals surface area (Å²) in [7, 11) is 1.73. The molecule has 2 rings (SSSR count). The van der Waals surface area contributed by atoms with Gasteiger partial charge in [0.1, 0.15) is 5.56 Å². The van der Waals surface area contributed by atoms with Crippen molar-refractivity contribution in [3.8, 4) is 11.3 Å². The van der Waals surface area contributed by atoms with Gasteiger partial charge in [0.25, 0.3) is 0 Å². The van der Waals surface area contributed by atoms with Crippen LogP contribution < -0.4 is 0 Å². The number of aromatic nitrogens is 2. The molecule has 2 heterocycles.